The average molecular weight is 391 g/mol. The summed E-state index contributed by atoms with van der Waals surface area (Å²) in [5.41, 5.74) is 1.52. The van der Waals surface area contributed by atoms with Crippen molar-refractivity contribution in [2.75, 3.05) is 4.90 Å². The fourth-order valence-electron chi connectivity index (χ4n) is 3.25. The molecule has 0 aliphatic carbocycles. The van der Waals surface area contributed by atoms with Crippen LogP contribution in [0.4, 0.5) is 10.5 Å². The Kier molecular flexibility index (Phi) is 4.45. The molecule has 1 N–H and O–H groups in total. The van der Waals surface area contributed by atoms with Crippen LogP contribution < -0.4 is 10.2 Å². The summed E-state index contributed by atoms with van der Waals surface area (Å²) < 4.78 is 0. The van der Waals surface area contributed by atoms with E-state index in [1.807, 2.05) is 42.5 Å². The number of barbiturate groups is 1. The van der Waals surface area contributed by atoms with Crippen LogP contribution in [0.15, 0.2) is 66.2 Å². The number of nitrogens with one attached hydrogen (secondary N) is 1. The second kappa shape index (κ2) is 6.94. The lowest BCUT2D eigenvalue weighted by molar-refractivity contribution is -0.122. The van der Waals surface area contributed by atoms with Gasteiger partial charge in [-0.3, -0.25) is 14.9 Å². The van der Waals surface area contributed by atoms with Crippen LogP contribution in [0, 0.1) is 6.92 Å². The smallest absolute Gasteiger partial charge is 0.273 e. The Bertz CT molecular complexity index is 1180. The minimum atomic E-state index is -0.796. The van der Waals surface area contributed by atoms with Crippen LogP contribution in [0.3, 0.4) is 0 Å². The summed E-state index contributed by atoms with van der Waals surface area (Å²) in [5.74, 6) is -1.41. The molecule has 1 aliphatic heterocycles. The molecular weight excluding hydrogens is 376 g/mol. The van der Waals surface area contributed by atoms with E-state index in [-0.39, 0.29) is 5.57 Å². The van der Waals surface area contributed by atoms with Gasteiger partial charge in [-0.15, -0.1) is 0 Å². The molecule has 6 heteroatoms. The largest absolute Gasteiger partial charge is 0.335 e. The molecule has 138 valence electrons. The van der Waals surface area contributed by atoms with Gasteiger partial charge in [0.2, 0.25) is 0 Å². The highest BCUT2D eigenvalue weighted by Gasteiger charge is 2.37. The Morgan fingerprint density at radius 1 is 0.929 bits per heavy atom. The van der Waals surface area contributed by atoms with E-state index in [2.05, 4.69) is 5.32 Å². The van der Waals surface area contributed by atoms with Crippen molar-refractivity contribution in [2.24, 2.45) is 0 Å². The zero-order valence-electron chi connectivity index (χ0n) is 14.9. The first-order valence-electron chi connectivity index (χ1n) is 8.61. The molecule has 28 heavy (non-hydrogen) atoms. The summed E-state index contributed by atoms with van der Waals surface area (Å²) in [7, 11) is 0. The van der Waals surface area contributed by atoms with Crippen molar-refractivity contribution >= 4 is 52.0 Å². The van der Waals surface area contributed by atoms with E-state index in [0.717, 1.165) is 15.7 Å². The number of halogens is 1. The fraction of sp³-hybridized carbons (Fsp3) is 0.0455. The van der Waals surface area contributed by atoms with E-state index in [4.69, 9.17) is 11.6 Å². The Morgan fingerprint density at radius 3 is 2.46 bits per heavy atom. The molecule has 1 heterocycles. The number of urea groups is 1. The van der Waals surface area contributed by atoms with Gasteiger partial charge in [0.05, 0.1) is 5.69 Å². The Labute approximate surface area is 166 Å². The normalized spacial score (nSPS) is 16.0. The highest BCUT2D eigenvalue weighted by molar-refractivity contribution is 6.40. The number of rotatable bonds is 2. The summed E-state index contributed by atoms with van der Waals surface area (Å²) in [6, 6.07) is 17.4. The predicted molar refractivity (Wildman–Crippen MR) is 109 cm³/mol. The molecule has 0 unspecified atom stereocenters. The fourth-order valence-corrected chi connectivity index (χ4v) is 3.42. The maximum Gasteiger partial charge on any atom is 0.335 e. The molecule has 5 nitrogen and oxygen atoms in total. The van der Waals surface area contributed by atoms with Crippen LogP contribution in [0.2, 0.25) is 5.02 Å². The Morgan fingerprint density at radius 2 is 1.64 bits per heavy atom. The number of imide groups is 2. The SMILES string of the molecule is Cc1c(Cl)cccc1N1C(=O)NC(=O)/C(=C\c2cccc3ccccc23)C1=O. The Hall–Kier alpha value is -3.44. The number of anilines is 1. The maximum atomic E-state index is 13.1. The second-order valence-corrected chi connectivity index (χ2v) is 6.82. The third-order valence-electron chi connectivity index (χ3n) is 4.70. The lowest BCUT2D eigenvalue weighted by Gasteiger charge is -2.27. The van der Waals surface area contributed by atoms with Crippen LogP contribution in [-0.4, -0.2) is 17.8 Å². The van der Waals surface area contributed by atoms with Gasteiger partial charge >= 0.3 is 6.03 Å². The topological polar surface area (TPSA) is 66.5 Å². The first-order valence-corrected chi connectivity index (χ1v) is 8.99. The second-order valence-electron chi connectivity index (χ2n) is 6.41. The summed E-state index contributed by atoms with van der Waals surface area (Å²) in [6.45, 7) is 1.71. The number of carbonyl (C=O) groups excluding carboxylic acids is 3. The van der Waals surface area contributed by atoms with Crippen molar-refractivity contribution in [3.8, 4) is 0 Å². The van der Waals surface area contributed by atoms with Gasteiger partial charge in [0.25, 0.3) is 11.8 Å². The highest BCUT2D eigenvalue weighted by atomic mass is 35.5. The van der Waals surface area contributed by atoms with Crippen molar-refractivity contribution in [1.82, 2.24) is 5.32 Å². The van der Waals surface area contributed by atoms with E-state index in [1.54, 1.807) is 25.1 Å². The molecule has 0 atom stereocenters. The van der Waals surface area contributed by atoms with Gasteiger partial charge in [0.1, 0.15) is 5.57 Å². The average Bonchev–Trinajstić information content (AvgIpc) is 2.68. The van der Waals surface area contributed by atoms with Gasteiger partial charge in [-0.25, -0.2) is 9.69 Å². The van der Waals surface area contributed by atoms with E-state index in [9.17, 15) is 14.4 Å². The zero-order valence-corrected chi connectivity index (χ0v) is 15.7. The van der Waals surface area contributed by atoms with Crippen molar-refractivity contribution in [3.63, 3.8) is 0 Å². The quantitative estimate of drug-likeness (QED) is 0.518. The summed E-state index contributed by atoms with van der Waals surface area (Å²) in [5, 5.41) is 4.55. The summed E-state index contributed by atoms with van der Waals surface area (Å²) in [6.07, 6.45) is 1.51. The molecule has 1 saturated heterocycles. The van der Waals surface area contributed by atoms with Crippen LogP contribution >= 0.6 is 11.6 Å². The van der Waals surface area contributed by atoms with Crippen molar-refractivity contribution in [1.29, 1.82) is 0 Å². The highest BCUT2D eigenvalue weighted by Crippen LogP contribution is 2.30. The van der Waals surface area contributed by atoms with Crippen LogP contribution in [0.5, 0.6) is 0 Å². The van der Waals surface area contributed by atoms with Gasteiger partial charge in [-0.2, -0.15) is 0 Å². The molecule has 1 fully saturated rings. The molecule has 0 bridgehead atoms. The van der Waals surface area contributed by atoms with Gasteiger partial charge in [-0.05, 0) is 47.0 Å². The molecule has 4 rings (SSSR count). The van der Waals surface area contributed by atoms with Crippen molar-refractivity contribution in [3.05, 3.63) is 82.4 Å². The van der Waals surface area contributed by atoms with E-state index in [1.165, 1.54) is 6.08 Å². The lowest BCUT2D eigenvalue weighted by atomic mass is 10.0. The third kappa shape index (κ3) is 2.96. The van der Waals surface area contributed by atoms with Crippen LogP contribution in [-0.2, 0) is 9.59 Å². The summed E-state index contributed by atoms with van der Waals surface area (Å²) >= 11 is 6.14. The zero-order chi connectivity index (χ0) is 19.8. The molecule has 3 aromatic carbocycles. The Balaban J connectivity index is 1.84. The predicted octanol–water partition coefficient (Wildman–Crippen LogP) is 4.47. The first-order chi connectivity index (χ1) is 13.5. The van der Waals surface area contributed by atoms with Gasteiger partial charge in [0, 0.05) is 5.02 Å². The van der Waals surface area contributed by atoms with E-state index < -0.39 is 17.8 Å². The van der Waals surface area contributed by atoms with Gasteiger partial charge in [-0.1, -0.05) is 60.1 Å². The van der Waals surface area contributed by atoms with Crippen molar-refractivity contribution in [2.45, 2.75) is 6.92 Å². The lowest BCUT2D eigenvalue weighted by Crippen LogP contribution is -2.54. The number of hydrogen-bond acceptors (Lipinski definition) is 3. The standard InChI is InChI=1S/C22H15ClN2O3/c1-13-18(23)10-5-11-19(13)25-21(27)17(20(26)24-22(25)28)12-15-8-4-7-14-6-2-3-9-16(14)15/h2-12H,1H3,(H,24,26,28)/b17-12+. The molecule has 3 aromatic rings. The minimum Gasteiger partial charge on any atom is -0.273 e. The number of carbonyl (C=O) groups is 3. The molecule has 0 saturated carbocycles. The van der Waals surface area contributed by atoms with E-state index >= 15 is 0 Å². The molecule has 0 spiro atoms. The molecule has 0 aromatic heterocycles. The van der Waals surface area contributed by atoms with Crippen molar-refractivity contribution < 1.29 is 14.4 Å². The minimum absolute atomic E-state index is 0.115. The summed E-state index contributed by atoms with van der Waals surface area (Å²) in [4.78, 5) is 38.8. The van der Waals surface area contributed by atoms with E-state index in [0.29, 0.717) is 21.8 Å². The molecule has 4 amide bonds. The molecular formula is C22H15ClN2O3. The number of hydrogen-bond donors (Lipinski definition) is 1. The van der Waals surface area contributed by atoms with Crippen LogP contribution in [0.25, 0.3) is 16.8 Å². The third-order valence-corrected chi connectivity index (χ3v) is 5.11. The number of nitrogens with zero attached hydrogens (tertiary/aromatic N) is 1. The van der Waals surface area contributed by atoms with Gasteiger partial charge in [0.15, 0.2) is 0 Å². The first kappa shape index (κ1) is 17.9. The van der Waals surface area contributed by atoms with Gasteiger partial charge < -0.3 is 0 Å². The monoisotopic (exact) mass is 390 g/mol. The molecule has 0 radical (unpaired) electrons. The van der Waals surface area contributed by atoms with Crippen LogP contribution in [0.1, 0.15) is 11.1 Å². The number of fused-ring (bicyclic) bond motifs is 1. The maximum absolute atomic E-state index is 13.1. The molecule has 1 aliphatic rings. The number of benzene rings is 3. The number of amides is 4.